The molecule has 21 heavy (non-hydrogen) atoms. The van der Waals surface area contributed by atoms with Gasteiger partial charge in [0, 0.05) is 31.2 Å². The fraction of sp³-hybridized carbons (Fsp3) is 0.688. The maximum absolute atomic E-state index is 4.84. The molecule has 1 unspecified atom stereocenters. The number of imidazole rings is 1. The highest BCUT2D eigenvalue weighted by Crippen LogP contribution is 2.26. The van der Waals surface area contributed by atoms with E-state index in [9.17, 15) is 0 Å². The van der Waals surface area contributed by atoms with Crippen LogP contribution in [0.4, 0.5) is 5.82 Å². The number of rotatable bonds is 7. The lowest BCUT2D eigenvalue weighted by Gasteiger charge is -2.29. The van der Waals surface area contributed by atoms with Crippen LogP contribution < -0.4 is 10.2 Å². The molecule has 0 aliphatic carbocycles. The number of nitrogens with one attached hydrogen (secondary N) is 1. The molecule has 2 rings (SSSR count). The van der Waals surface area contributed by atoms with Crippen molar-refractivity contribution in [1.82, 2.24) is 14.7 Å². The van der Waals surface area contributed by atoms with Gasteiger partial charge in [-0.25, -0.2) is 4.98 Å². The third kappa shape index (κ3) is 3.58. The molecule has 118 valence electrons. The average Bonchev–Trinajstić information content (AvgIpc) is 2.98. The summed E-state index contributed by atoms with van der Waals surface area (Å²) in [6.45, 7) is 13.1. The average molecular weight is 308 g/mol. The lowest BCUT2D eigenvalue weighted by Crippen LogP contribution is -2.34. The van der Waals surface area contributed by atoms with Gasteiger partial charge in [0.15, 0.2) is 10.8 Å². The van der Waals surface area contributed by atoms with Crippen LogP contribution in [0, 0.1) is 11.8 Å². The molecule has 0 aliphatic rings. The summed E-state index contributed by atoms with van der Waals surface area (Å²) in [5.74, 6) is 2.37. The van der Waals surface area contributed by atoms with Crippen LogP contribution in [0.2, 0.25) is 0 Å². The van der Waals surface area contributed by atoms with Crippen LogP contribution in [0.5, 0.6) is 0 Å². The van der Waals surface area contributed by atoms with Crippen molar-refractivity contribution >= 4 is 22.1 Å². The second kappa shape index (κ2) is 6.79. The molecule has 0 saturated heterocycles. The van der Waals surface area contributed by atoms with Gasteiger partial charge in [-0.15, -0.1) is 11.3 Å². The highest BCUT2D eigenvalue weighted by Gasteiger charge is 2.21. The maximum Gasteiger partial charge on any atom is 0.195 e. The number of fused-ring (bicyclic) bond motifs is 1. The van der Waals surface area contributed by atoms with Crippen LogP contribution >= 0.6 is 11.3 Å². The number of thiazole rings is 1. The van der Waals surface area contributed by atoms with Crippen molar-refractivity contribution < 1.29 is 0 Å². The second-order valence-corrected chi connectivity index (χ2v) is 7.43. The number of hydrogen-bond acceptors (Lipinski definition) is 4. The molecule has 2 aromatic rings. The summed E-state index contributed by atoms with van der Waals surface area (Å²) in [7, 11) is 2.16. The van der Waals surface area contributed by atoms with Crippen LogP contribution in [0.15, 0.2) is 11.6 Å². The smallest absolute Gasteiger partial charge is 0.195 e. The highest BCUT2D eigenvalue weighted by molar-refractivity contribution is 7.15. The Morgan fingerprint density at radius 1 is 1.29 bits per heavy atom. The maximum atomic E-state index is 4.84. The van der Waals surface area contributed by atoms with Gasteiger partial charge in [0.05, 0.1) is 5.69 Å². The van der Waals surface area contributed by atoms with E-state index in [2.05, 4.69) is 67.9 Å². The predicted octanol–water partition coefficient (Wildman–Crippen LogP) is 3.62. The minimum Gasteiger partial charge on any atom is -0.355 e. The van der Waals surface area contributed by atoms with E-state index in [1.165, 1.54) is 5.69 Å². The molecule has 1 atom stereocenters. The first-order valence-electron chi connectivity index (χ1n) is 7.79. The first-order valence-corrected chi connectivity index (χ1v) is 8.67. The predicted molar refractivity (Wildman–Crippen MR) is 92.3 cm³/mol. The van der Waals surface area contributed by atoms with Crippen molar-refractivity contribution in [1.29, 1.82) is 0 Å². The summed E-state index contributed by atoms with van der Waals surface area (Å²) >= 11 is 1.70. The van der Waals surface area contributed by atoms with Crippen molar-refractivity contribution in [2.24, 2.45) is 11.8 Å². The van der Waals surface area contributed by atoms with Crippen molar-refractivity contribution in [3.05, 3.63) is 17.3 Å². The Balaban J connectivity index is 2.27. The summed E-state index contributed by atoms with van der Waals surface area (Å²) in [5, 5.41) is 5.65. The number of anilines is 1. The normalized spacial score (nSPS) is 13.5. The molecular formula is C16H28N4S. The molecule has 0 aromatic carbocycles. The summed E-state index contributed by atoms with van der Waals surface area (Å²) in [6, 6.07) is 0.471. The van der Waals surface area contributed by atoms with Gasteiger partial charge in [-0.05, 0) is 25.3 Å². The van der Waals surface area contributed by atoms with E-state index in [4.69, 9.17) is 4.98 Å². The molecule has 2 heterocycles. The molecule has 0 bridgehead atoms. The van der Waals surface area contributed by atoms with Gasteiger partial charge < -0.3 is 10.2 Å². The van der Waals surface area contributed by atoms with Gasteiger partial charge in [0.2, 0.25) is 0 Å². The molecule has 0 amide bonds. The molecule has 0 radical (unpaired) electrons. The molecule has 4 nitrogen and oxygen atoms in total. The number of aromatic nitrogens is 2. The molecule has 0 fully saturated rings. The van der Waals surface area contributed by atoms with Crippen molar-refractivity contribution in [2.75, 3.05) is 18.5 Å². The van der Waals surface area contributed by atoms with Crippen LogP contribution in [0.25, 0.3) is 4.96 Å². The third-order valence-electron chi connectivity index (χ3n) is 4.09. The molecule has 0 spiro atoms. The Morgan fingerprint density at radius 2 is 2.00 bits per heavy atom. The molecule has 0 saturated carbocycles. The zero-order chi connectivity index (χ0) is 15.6. The summed E-state index contributed by atoms with van der Waals surface area (Å²) in [5.41, 5.74) is 1.27. The molecule has 0 aliphatic heterocycles. The summed E-state index contributed by atoms with van der Waals surface area (Å²) in [4.78, 5) is 8.24. The van der Waals surface area contributed by atoms with Crippen LogP contribution in [-0.2, 0) is 6.54 Å². The van der Waals surface area contributed by atoms with Gasteiger partial charge in [0.25, 0.3) is 0 Å². The topological polar surface area (TPSA) is 32.6 Å². The summed E-state index contributed by atoms with van der Waals surface area (Å²) < 4.78 is 2.22. The zero-order valence-corrected chi connectivity index (χ0v) is 14.9. The van der Waals surface area contributed by atoms with E-state index in [0.717, 1.165) is 23.9 Å². The molecule has 2 aromatic heterocycles. The molecule has 1 N–H and O–H groups in total. The Morgan fingerprint density at radius 3 is 2.62 bits per heavy atom. The van der Waals surface area contributed by atoms with Crippen LogP contribution in [0.1, 0.15) is 40.3 Å². The monoisotopic (exact) mass is 308 g/mol. The van der Waals surface area contributed by atoms with Gasteiger partial charge in [-0.1, -0.05) is 27.7 Å². The Labute approximate surface area is 132 Å². The van der Waals surface area contributed by atoms with Crippen molar-refractivity contribution in [3.8, 4) is 0 Å². The standard InChI is InChI=1S/C16H28N4S/c1-11(2)9-17-10-14-15(19(6)13(5)12(3)4)18-16-20(14)7-8-21-16/h7-8,11-13,17H,9-10H2,1-6H3. The minimum absolute atomic E-state index is 0.471. The quantitative estimate of drug-likeness (QED) is 0.848. The van der Waals surface area contributed by atoms with E-state index in [-0.39, 0.29) is 0 Å². The largest absolute Gasteiger partial charge is 0.355 e. The first kappa shape index (κ1) is 16.3. The van der Waals surface area contributed by atoms with E-state index in [1.54, 1.807) is 11.3 Å². The van der Waals surface area contributed by atoms with Crippen molar-refractivity contribution in [2.45, 2.75) is 47.2 Å². The highest BCUT2D eigenvalue weighted by atomic mass is 32.1. The second-order valence-electron chi connectivity index (χ2n) is 6.56. The van der Waals surface area contributed by atoms with E-state index >= 15 is 0 Å². The minimum atomic E-state index is 0.471. The van der Waals surface area contributed by atoms with Gasteiger partial charge in [-0.2, -0.15) is 0 Å². The van der Waals surface area contributed by atoms with E-state index < -0.39 is 0 Å². The van der Waals surface area contributed by atoms with Gasteiger partial charge in [0.1, 0.15) is 0 Å². The van der Waals surface area contributed by atoms with Crippen LogP contribution in [-0.4, -0.2) is 29.0 Å². The fourth-order valence-electron chi connectivity index (χ4n) is 2.39. The van der Waals surface area contributed by atoms with Gasteiger partial charge >= 0.3 is 0 Å². The lowest BCUT2D eigenvalue weighted by molar-refractivity contribution is 0.499. The Kier molecular flexibility index (Phi) is 5.27. The SMILES string of the molecule is CC(C)CNCc1c(N(C)C(C)C(C)C)nc2sccn12. The van der Waals surface area contributed by atoms with E-state index in [1.807, 2.05) is 0 Å². The lowest BCUT2D eigenvalue weighted by atomic mass is 10.1. The Hall–Kier alpha value is -1.07. The number of nitrogens with zero attached hydrogens (tertiary/aromatic N) is 3. The third-order valence-corrected chi connectivity index (χ3v) is 4.85. The van der Waals surface area contributed by atoms with Crippen molar-refractivity contribution in [3.63, 3.8) is 0 Å². The Bertz CT molecular complexity index is 570. The summed E-state index contributed by atoms with van der Waals surface area (Å²) in [6.07, 6.45) is 2.12. The van der Waals surface area contributed by atoms with E-state index in [0.29, 0.717) is 17.9 Å². The molecular weight excluding hydrogens is 280 g/mol. The van der Waals surface area contributed by atoms with Crippen LogP contribution in [0.3, 0.4) is 0 Å². The first-order chi connectivity index (χ1) is 9.91. The fourth-order valence-corrected chi connectivity index (χ4v) is 3.12. The van der Waals surface area contributed by atoms with Gasteiger partial charge in [-0.3, -0.25) is 4.40 Å². The molecule has 5 heteroatoms. The number of hydrogen-bond donors (Lipinski definition) is 1. The zero-order valence-electron chi connectivity index (χ0n) is 14.1.